The molecule has 0 bridgehead atoms. The van der Waals surface area contributed by atoms with Crippen LogP contribution in [0.3, 0.4) is 0 Å². The minimum absolute atomic E-state index is 0.621. The van der Waals surface area contributed by atoms with Gasteiger partial charge in [0.25, 0.3) is 0 Å². The van der Waals surface area contributed by atoms with Crippen molar-refractivity contribution in [2.75, 3.05) is 26.7 Å². The van der Waals surface area contributed by atoms with Crippen LogP contribution in [0, 0.1) is 0 Å². The van der Waals surface area contributed by atoms with Crippen LogP contribution in [0.25, 0.3) is 0 Å². The number of hydrogen-bond donors (Lipinski definition) is 1. The highest BCUT2D eigenvalue weighted by Gasteiger charge is 2.15. The predicted octanol–water partition coefficient (Wildman–Crippen LogP) is 1.13. The first kappa shape index (κ1) is 9.69. The molecule has 1 aromatic carbocycles. The molecule has 1 heterocycles. The Labute approximate surface area is 85.9 Å². The summed E-state index contributed by atoms with van der Waals surface area (Å²) < 4.78 is 0. The first-order valence-electron chi connectivity index (χ1n) is 5.30. The molecule has 0 spiro atoms. The van der Waals surface area contributed by atoms with E-state index in [0.717, 1.165) is 19.5 Å². The summed E-state index contributed by atoms with van der Waals surface area (Å²) in [5, 5.41) is 3.56. The fourth-order valence-electron chi connectivity index (χ4n) is 2.03. The van der Waals surface area contributed by atoms with E-state index in [-0.39, 0.29) is 0 Å². The van der Waals surface area contributed by atoms with Crippen LogP contribution in [-0.2, 0) is 6.42 Å². The summed E-state index contributed by atoms with van der Waals surface area (Å²) in [6.45, 7) is 3.45. The van der Waals surface area contributed by atoms with Crippen molar-refractivity contribution in [1.82, 2.24) is 10.2 Å². The second-order valence-electron chi connectivity index (χ2n) is 4.10. The Morgan fingerprint density at radius 3 is 2.86 bits per heavy atom. The molecule has 1 fully saturated rings. The summed E-state index contributed by atoms with van der Waals surface area (Å²) in [4.78, 5) is 2.39. The van der Waals surface area contributed by atoms with E-state index >= 15 is 0 Å². The monoisotopic (exact) mass is 190 g/mol. The third-order valence-electron chi connectivity index (χ3n) is 2.78. The Bertz CT molecular complexity index is 271. The van der Waals surface area contributed by atoms with E-state index < -0.39 is 0 Å². The highest BCUT2D eigenvalue weighted by molar-refractivity contribution is 5.16. The van der Waals surface area contributed by atoms with Gasteiger partial charge in [-0.25, -0.2) is 0 Å². The van der Waals surface area contributed by atoms with Crippen LogP contribution in [0.15, 0.2) is 30.3 Å². The van der Waals surface area contributed by atoms with Gasteiger partial charge in [-0.3, -0.25) is 0 Å². The molecule has 2 nitrogen and oxygen atoms in total. The normalized spacial score (nSPS) is 23.6. The molecule has 2 rings (SSSR count). The first-order chi connectivity index (χ1) is 6.84. The SMILES string of the molecule is CN1CCNC(Cc2ccccc2)C1. The molecule has 1 atom stereocenters. The fourth-order valence-corrected chi connectivity index (χ4v) is 2.03. The van der Waals surface area contributed by atoms with Crippen molar-refractivity contribution in [3.05, 3.63) is 35.9 Å². The lowest BCUT2D eigenvalue weighted by Gasteiger charge is -2.30. The lowest BCUT2D eigenvalue weighted by atomic mass is 10.0. The summed E-state index contributed by atoms with van der Waals surface area (Å²) >= 11 is 0. The van der Waals surface area contributed by atoms with Crippen LogP contribution in [0.1, 0.15) is 5.56 Å². The van der Waals surface area contributed by atoms with Crippen LogP contribution in [-0.4, -0.2) is 37.6 Å². The highest BCUT2D eigenvalue weighted by Crippen LogP contribution is 2.06. The van der Waals surface area contributed by atoms with Crippen molar-refractivity contribution >= 4 is 0 Å². The third-order valence-corrected chi connectivity index (χ3v) is 2.78. The minimum Gasteiger partial charge on any atom is -0.311 e. The van der Waals surface area contributed by atoms with E-state index in [1.54, 1.807) is 0 Å². The van der Waals surface area contributed by atoms with Gasteiger partial charge in [0.2, 0.25) is 0 Å². The van der Waals surface area contributed by atoms with Crippen LogP contribution in [0.5, 0.6) is 0 Å². The van der Waals surface area contributed by atoms with Gasteiger partial charge in [-0.15, -0.1) is 0 Å². The van der Waals surface area contributed by atoms with E-state index in [4.69, 9.17) is 0 Å². The molecule has 0 aromatic heterocycles. The first-order valence-corrected chi connectivity index (χ1v) is 5.30. The van der Waals surface area contributed by atoms with Gasteiger partial charge >= 0.3 is 0 Å². The van der Waals surface area contributed by atoms with E-state index in [1.165, 1.54) is 12.1 Å². The van der Waals surface area contributed by atoms with Crippen LogP contribution >= 0.6 is 0 Å². The zero-order valence-corrected chi connectivity index (χ0v) is 8.74. The number of nitrogens with one attached hydrogen (secondary N) is 1. The van der Waals surface area contributed by atoms with E-state index in [9.17, 15) is 0 Å². The number of benzene rings is 1. The lowest BCUT2D eigenvalue weighted by Crippen LogP contribution is -2.49. The van der Waals surface area contributed by atoms with E-state index in [2.05, 4.69) is 47.6 Å². The Morgan fingerprint density at radius 1 is 1.36 bits per heavy atom. The lowest BCUT2D eigenvalue weighted by molar-refractivity contribution is 0.238. The standard InChI is InChI=1S/C12H18N2/c1-14-8-7-13-12(10-14)9-11-5-3-2-4-6-11/h2-6,12-13H,7-10H2,1H3. The molecule has 0 aliphatic carbocycles. The van der Waals surface area contributed by atoms with Crippen molar-refractivity contribution in [2.24, 2.45) is 0 Å². The van der Waals surface area contributed by atoms with Gasteiger partial charge in [-0.05, 0) is 19.0 Å². The number of likely N-dealkylation sites (N-methyl/N-ethyl adjacent to an activating group) is 1. The number of nitrogens with zero attached hydrogens (tertiary/aromatic N) is 1. The quantitative estimate of drug-likeness (QED) is 0.752. The average Bonchev–Trinajstić information content (AvgIpc) is 2.19. The molecular formula is C12H18N2. The summed E-state index contributed by atoms with van der Waals surface area (Å²) in [5.41, 5.74) is 1.43. The number of rotatable bonds is 2. The molecule has 0 amide bonds. The molecule has 14 heavy (non-hydrogen) atoms. The maximum Gasteiger partial charge on any atom is 0.0235 e. The highest BCUT2D eigenvalue weighted by atomic mass is 15.2. The van der Waals surface area contributed by atoms with Crippen molar-refractivity contribution in [3.8, 4) is 0 Å². The van der Waals surface area contributed by atoms with E-state index in [1.807, 2.05) is 0 Å². The Morgan fingerprint density at radius 2 is 2.14 bits per heavy atom. The minimum atomic E-state index is 0.621. The summed E-state index contributed by atoms with van der Waals surface area (Å²) in [6, 6.07) is 11.3. The van der Waals surface area contributed by atoms with Gasteiger partial charge in [-0.1, -0.05) is 30.3 Å². The Balaban J connectivity index is 1.91. The molecule has 0 saturated carbocycles. The average molecular weight is 190 g/mol. The topological polar surface area (TPSA) is 15.3 Å². The molecule has 1 N–H and O–H groups in total. The van der Waals surface area contributed by atoms with Gasteiger partial charge in [0.15, 0.2) is 0 Å². The van der Waals surface area contributed by atoms with Crippen LogP contribution in [0.4, 0.5) is 0 Å². The second-order valence-corrected chi connectivity index (χ2v) is 4.10. The third kappa shape index (κ3) is 2.56. The largest absolute Gasteiger partial charge is 0.311 e. The summed E-state index contributed by atoms with van der Waals surface area (Å²) in [6.07, 6.45) is 1.14. The Hall–Kier alpha value is -0.860. The Kier molecular flexibility index (Phi) is 3.17. The van der Waals surface area contributed by atoms with Gasteiger partial charge in [0.1, 0.15) is 0 Å². The molecule has 1 aliphatic rings. The summed E-state index contributed by atoms with van der Waals surface area (Å²) in [7, 11) is 2.19. The van der Waals surface area contributed by atoms with Crippen LogP contribution < -0.4 is 5.32 Å². The van der Waals surface area contributed by atoms with Gasteiger partial charge in [0.05, 0.1) is 0 Å². The predicted molar refractivity (Wildman–Crippen MR) is 59.4 cm³/mol. The second kappa shape index (κ2) is 4.58. The van der Waals surface area contributed by atoms with E-state index in [0.29, 0.717) is 6.04 Å². The van der Waals surface area contributed by atoms with Gasteiger partial charge in [-0.2, -0.15) is 0 Å². The molecule has 2 heteroatoms. The molecule has 1 aromatic rings. The molecule has 1 unspecified atom stereocenters. The van der Waals surface area contributed by atoms with Gasteiger partial charge < -0.3 is 10.2 Å². The molecule has 1 saturated heterocycles. The van der Waals surface area contributed by atoms with Crippen molar-refractivity contribution < 1.29 is 0 Å². The zero-order valence-electron chi connectivity index (χ0n) is 8.74. The molecular weight excluding hydrogens is 172 g/mol. The summed E-state index contributed by atoms with van der Waals surface area (Å²) in [5.74, 6) is 0. The number of hydrogen-bond acceptors (Lipinski definition) is 2. The maximum absolute atomic E-state index is 3.56. The van der Waals surface area contributed by atoms with Crippen molar-refractivity contribution in [3.63, 3.8) is 0 Å². The molecule has 0 radical (unpaired) electrons. The van der Waals surface area contributed by atoms with Crippen molar-refractivity contribution in [2.45, 2.75) is 12.5 Å². The fraction of sp³-hybridized carbons (Fsp3) is 0.500. The van der Waals surface area contributed by atoms with Crippen LogP contribution in [0.2, 0.25) is 0 Å². The van der Waals surface area contributed by atoms with Crippen molar-refractivity contribution in [1.29, 1.82) is 0 Å². The zero-order chi connectivity index (χ0) is 9.80. The molecule has 76 valence electrons. The maximum atomic E-state index is 3.56. The van der Waals surface area contributed by atoms with Gasteiger partial charge in [0, 0.05) is 25.7 Å². The molecule has 1 aliphatic heterocycles. The number of piperazine rings is 1. The smallest absolute Gasteiger partial charge is 0.0235 e.